The van der Waals surface area contributed by atoms with Crippen molar-refractivity contribution in [3.05, 3.63) is 48.0 Å². The van der Waals surface area contributed by atoms with E-state index in [1.165, 1.54) is 16.9 Å². The number of thiazole rings is 1. The van der Waals surface area contributed by atoms with E-state index in [-0.39, 0.29) is 12.5 Å². The quantitative estimate of drug-likeness (QED) is 0.373. The van der Waals surface area contributed by atoms with Gasteiger partial charge < -0.3 is 14.2 Å². The fourth-order valence-electron chi connectivity index (χ4n) is 4.08. The molecule has 1 aliphatic rings. The molecule has 188 valence electrons. The second kappa shape index (κ2) is 12.3. The van der Waals surface area contributed by atoms with Crippen LogP contribution in [0.1, 0.15) is 38.7 Å². The van der Waals surface area contributed by atoms with Crippen LogP contribution in [0.25, 0.3) is 10.2 Å². The van der Waals surface area contributed by atoms with Crippen molar-refractivity contribution >= 4 is 32.6 Å². The van der Waals surface area contributed by atoms with Crippen molar-refractivity contribution in [2.45, 2.75) is 33.1 Å². The third-order valence-corrected chi connectivity index (χ3v) is 7.11. The minimum atomic E-state index is -0.100. The van der Waals surface area contributed by atoms with Crippen LogP contribution < -0.4 is 14.4 Å². The molecule has 2 aromatic carbocycles. The molecule has 7 nitrogen and oxygen atoms in total. The molecule has 3 aromatic rings. The SMILES string of the molecule is CCOc1cccc2sc(N(CCCN3CCOCC3)C(=O)COc3ccc(C(C)C)cc3)nc12. The van der Waals surface area contributed by atoms with Gasteiger partial charge in [-0.15, -0.1) is 0 Å². The van der Waals surface area contributed by atoms with E-state index in [4.69, 9.17) is 19.2 Å². The highest BCUT2D eigenvalue weighted by Gasteiger charge is 2.22. The largest absolute Gasteiger partial charge is 0.492 e. The summed E-state index contributed by atoms with van der Waals surface area (Å²) < 4.78 is 18.1. The van der Waals surface area contributed by atoms with Crippen LogP contribution in [0.4, 0.5) is 5.13 Å². The standard InChI is InChI=1S/C27H35N3O4S/c1-4-33-23-7-5-8-24-26(23)28-27(35-24)30(14-6-13-29-15-17-32-18-16-29)25(31)19-34-22-11-9-21(10-12-22)20(2)3/h5,7-12,20H,4,6,13-19H2,1-3H3. The molecular formula is C27H35N3O4S. The van der Waals surface area contributed by atoms with E-state index in [1.807, 2.05) is 49.4 Å². The van der Waals surface area contributed by atoms with Crippen LogP contribution in [-0.2, 0) is 9.53 Å². The number of hydrogen-bond acceptors (Lipinski definition) is 7. The summed E-state index contributed by atoms with van der Waals surface area (Å²) in [7, 11) is 0. The van der Waals surface area contributed by atoms with Crippen molar-refractivity contribution in [1.29, 1.82) is 0 Å². The smallest absolute Gasteiger partial charge is 0.266 e. The lowest BCUT2D eigenvalue weighted by molar-refractivity contribution is -0.120. The van der Waals surface area contributed by atoms with Crippen molar-refractivity contribution in [3.63, 3.8) is 0 Å². The molecule has 0 radical (unpaired) electrons. The van der Waals surface area contributed by atoms with E-state index in [1.54, 1.807) is 4.90 Å². The molecule has 0 N–H and O–H groups in total. The lowest BCUT2D eigenvalue weighted by Crippen LogP contribution is -2.40. The molecule has 1 aliphatic heterocycles. The number of carbonyl (C=O) groups excluding carboxylic acids is 1. The summed E-state index contributed by atoms with van der Waals surface area (Å²) in [4.78, 5) is 22.3. The van der Waals surface area contributed by atoms with Gasteiger partial charge in [-0.1, -0.05) is 43.4 Å². The van der Waals surface area contributed by atoms with Gasteiger partial charge in [0.15, 0.2) is 11.7 Å². The van der Waals surface area contributed by atoms with E-state index in [2.05, 4.69) is 18.7 Å². The zero-order valence-corrected chi connectivity index (χ0v) is 21.7. The summed E-state index contributed by atoms with van der Waals surface area (Å²) >= 11 is 1.51. The Balaban J connectivity index is 1.48. The van der Waals surface area contributed by atoms with Crippen LogP contribution in [0.5, 0.6) is 11.5 Å². The highest BCUT2D eigenvalue weighted by molar-refractivity contribution is 7.22. The van der Waals surface area contributed by atoms with Crippen LogP contribution >= 0.6 is 11.3 Å². The molecule has 1 fully saturated rings. The van der Waals surface area contributed by atoms with E-state index < -0.39 is 0 Å². The Hall–Kier alpha value is -2.68. The molecule has 0 atom stereocenters. The molecule has 4 rings (SSSR count). The van der Waals surface area contributed by atoms with Crippen molar-refractivity contribution in [2.75, 3.05) is 57.5 Å². The third-order valence-electron chi connectivity index (χ3n) is 6.07. The average molecular weight is 498 g/mol. The van der Waals surface area contributed by atoms with Crippen molar-refractivity contribution < 1.29 is 19.0 Å². The lowest BCUT2D eigenvalue weighted by atomic mass is 10.0. The maximum Gasteiger partial charge on any atom is 0.266 e. The van der Waals surface area contributed by atoms with Gasteiger partial charge in [0.1, 0.15) is 17.0 Å². The number of nitrogens with zero attached hydrogens (tertiary/aromatic N) is 3. The zero-order valence-electron chi connectivity index (χ0n) is 20.9. The average Bonchev–Trinajstić information content (AvgIpc) is 3.31. The molecular weight excluding hydrogens is 462 g/mol. The number of amides is 1. The second-order valence-corrected chi connectivity index (χ2v) is 9.91. The number of para-hydroxylation sites is 1. The summed E-state index contributed by atoms with van der Waals surface area (Å²) in [6.07, 6.45) is 0.850. The normalized spacial score (nSPS) is 14.4. The topological polar surface area (TPSA) is 64.1 Å². The van der Waals surface area contributed by atoms with E-state index in [0.717, 1.165) is 55.2 Å². The monoisotopic (exact) mass is 497 g/mol. The summed E-state index contributed by atoms with van der Waals surface area (Å²) in [5.41, 5.74) is 2.04. The number of morpholine rings is 1. The number of aromatic nitrogens is 1. The zero-order chi connectivity index (χ0) is 24.6. The van der Waals surface area contributed by atoms with Gasteiger partial charge in [-0.2, -0.15) is 0 Å². The Labute approximate surface area is 211 Å². The Bertz CT molecular complexity index is 1090. The second-order valence-electron chi connectivity index (χ2n) is 8.90. The first-order valence-corrected chi connectivity index (χ1v) is 13.2. The van der Waals surface area contributed by atoms with Crippen LogP contribution in [0.3, 0.4) is 0 Å². The van der Waals surface area contributed by atoms with Crippen molar-refractivity contribution in [3.8, 4) is 11.5 Å². The highest BCUT2D eigenvalue weighted by atomic mass is 32.1. The first-order valence-electron chi connectivity index (χ1n) is 12.4. The van der Waals surface area contributed by atoms with E-state index in [9.17, 15) is 4.79 Å². The molecule has 0 spiro atoms. The number of hydrogen-bond donors (Lipinski definition) is 0. The number of benzene rings is 2. The minimum absolute atomic E-state index is 0.0349. The maximum absolute atomic E-state index is 13.4. The number of rotatable bonds is 11. The van der Waals surface area contributed by atoms with Crippen LogP contribution in [0.15, 0.2) is 42.5 Å². The molecule has 1 aromatic heterocycles. The summed E-state index contributed by atoms with van der Waals surface area (Å²) in [6, 6.07) is 13.9. The fourth-order valence-corrected chi connectivity index (χ4v) is 5.10. The van der Waals surface area contributed by atoms with Crippen molar-refractivity contribution in [1.82, 2.24) is 9.88 Å². The van der Waals surface area contributed by atoms with Crippen LogP contribution in [0, 0.1) is 0 Å². The van der Waals surface area contributed by atoms with E-state index >= 15 is 0 Å². The molecule has 35 heavy (non-hydrogen) atoms. The Morgan fingerprint density at radius 2 is 1.91 bits per heavy atom. The number of carbonyl (C=O) groups is 1. The molecule has 0 aliphatic carbocycles. The molecule has 1 saturated heterocycles. The van der Waals surface area contributed by atoms with Crippen molar-refractivity contribution in [2.24, 2.45) is 0 Å². The lowest BCUT2D eigenvalue weighted by Gasteiger charge is -2.27. The molecule has 8 heteroatoms. The maximum atomic E-state index is 13.4. The summed E-state index contributed by atoms with van der Waals surface area (Å²) in [5, 5.41) is 0.679. The Kier molecular flexibility index (Phi) is 8.95. The first kappa shape index (κ1) is 25.4. The molecule has 0 bridgehead atoms. The number of fused-ring (bicyclic) bond motifs is 1. The van der Waals surface area contributed by atoms with E-state index in [0.29, 0.717) is 30.0 Å². The Morgan fingerprint density at radius 1 is 1.14 bits per heavy atom. The van der Waals surface area contributed by atoms with Gasteiger partial charge in [0.2, 0.25) is 0 Å². The molecule has 2 heterocycles. The molecule has 0 unspecified atom stereocenters. The predicted octanol–water partition coefficient (Wildman–Crippen LogP) is 4.95. The Morgan fingerprint density at radius 3 is 2.63 bits per heavy atom. The minimum Gasteiger partial charge on any atom is -0.492 e. The first-order chi connectivity index (χ1) is 17.0. The number of ether oxygens (including phenoxy) is 3. The van der Waals surface area contributed by atoms with Gasteiger partial charge in [0.25, 0.3) is 5.91 Å². The van der Waals surface area contributed by atoms with Gasteiger partial charge in [-0.3, -0.25) is 14.6 Å². The van der Waals surface area contributed by atoms with Crippen LogP contribution in [0.2, 0.25) is 0 Å². The molecule has 1 amide bonds. The van der Waals surface area contributed by atoms with Gasteiger partial charge in [0, 0.05) is 26.2 Å². The van der Waals surface area contributed by atoms with Gasteiger partial charge >= 0.3 is 0 Å². The van der Waals surface area contributed by atoms with Gasteiger partial charge in [-0.25, -0.2) is 4.98 Å². The summed E-state index contributed by atoms with van der Waals surface area (Å²) in [5.74, 6) is 1.79. The highest BCUT2D eigenvalue weighted by Crippen LogP contribution is 2.34. The molecule has 0 saturated carbocycles. The third kappa shape index (κ3) is 6.72. The van der Waals surface area contributed by atoms with Gasteiger partial charge in [0.05, 0.1) is 24.5 Å². The summed E-state index contributed by atoms with van der Waals surface area (Å²) in [6.45, 7) is 11.7. The number of anilines is 1. The predicted molar refractivity (Wildman–Crippen MR) is 141 cm³/mol. The van der Waals surface area contributed by atoms with Gasteiger partial charge in [-0.05, 0) is 49.1 Å². The fraction of sp³-hybridized carbons (Fsp3) is 0.481. The van der Waals surface area contributed by atoms with Crippen LogP contribution in [-0.4, -0.2) is 68.4 Å².